The van der Waals surface area contributed by atoms with Crippen molar-refractivity contribution >= 4 is 15.9 Å². The zero-order chi connectivity index (χ0) is 19.8. The fraction of sp³-hybridized carbons (Fsp3) is 0.316. The van der Waals surface area contributed by atoms with Gasteiger partial charge in [0.05, 0.1) is 4.90 Å². The van der Waals surface area contributed by atoms with E-state index >= 15 is 0 Å². The maximum atomic E-state index is 13.3. The highest BCUT2D eigenvalue weighted by Gasteiger charge is 2.31. The molecule has 1 amide bonds. The second-order valence-corrected chi connectivity index (χ2v) is 8.53. The van der Waals surface area contributed by atoms with Crippen LogP contribution in [0, 0.1) is 25.5 Å². The van der Waals surface area contributed by atoms with Gasteiger partial charge in [-0.1, -0.05) is 12.1 Å². The Balaban J connectivity index is 1.75. The number of carbonyl (C=O) groups excluding carboxylic acids is 1. The monoisotopic (exact) mass is 394 g/mol. The number of carbonyl (C=O) groups is 1. The van der Waals surface area contributed by atoms with Crippen LogP contribution in [0.25, 0.3) is 0 Å². The Morgan fingerprint density at radius 2 is 1.52 bits per heavy atom. The minimum absolute atomic E-state index is 0.0849. The maximum absolute atomic E-state index is 13.3. The van der Waals surface area contributed by atoms with Gasteiger partial charge in [-0.15, -0.1) is 0 Å². The van der Waals surface area contributed by atoms with Crippen LogP contribution in [0.3, 0.4) is 0 Å². The van der Waals surface area contributed by atoms with Crippen molar-refractivity contribution in [2.75, 3.05) is 26.2 Å². The highest BCUT2D eigenvalue weighted by molar-refractivity contribution is 7.89. The SMILES string of the molecule is Cc1ccc(C)c(S(=O)(=O)N2CCN(C(=O)c3cc(F)cc(F)c3)CC2)c1. The van der Waals surface area contributed by atoms with Gasteiger partial charge in [-0.25, -0.2) is 17.2 Å². The molecule has 2 aromatic rings. The molecule has 1 heterocycles. The van der Waals surface area contributed by atoms with Crippen LogP contribution in [0.5, 0.6) is 0 Å². The van der Waals surface area contributed by atoms with Gasteiger partial charge in [-0.3, -0.25) is 4.79 Å². The molecule has 0 bridgehead atoms. The van der Waals surface area contributed by atoms with Crippen LogP contribution in [0.15, 0.2) is 41.3 Å². The Bertz CT molecular complexity index is 964. The quantitative estimate of drug-likeness (QED) is 0.804. The average Bonchev–Trinajstić information content (AvgIpc) is 2.62. The average molecular weight is 394 g/mol. The topological polar surface area (TPSA) is 57.7 Å². The summed E-state index contributed by atoms with van der Waals surface area (Å²) in [5, 5.41) is 0. The van der Waals surface area contributed by atoms with Crippen molar-refractivity contribution in [3.63, 3.8) is 0 Å². The van der Waals surface area contributed by atoms with Crippen LogP contribution in [0.4, 0.5) is 8.78 Å². The van der Waals surface area contributed by atoms with E-state index in [2.05, 4.69) is 0 Å². The van der Waals surface area contributed by atoms with Crippen LogP contribution in [0.2, 0.25) is 0 Å². The Labute approximate surface area is 157 Å². The summed E-state index contributed by atoms with van der Waals surface area (Å²) in [6.45, 7) is 4.12. The van der Waals surface area contributed by atoms with Gasteiger partial charge in [-0.05, 0) is 43.2 Å². The van der Waals surface area contributed by atoms with Gasteiger partial charge in [-0.2, -0.15) is 4.31 Å². The number of rotatable bonds is 3. The van der Waals surface area contributed by atoms with E-state index in [1.54, 1.807) is 19.1 Å². The van der Waals surface area contributed by atoms with E-state index in [4.69, 9.17) is 0 Å². The number of amides is 1. The molecule has 8 heteroatoms. The fourth-order valence-electron chi connectivity index (χ4n) is 3.12. The summed E-state index contributed by atoms with van der Waals surface area (Å²) in [6.07, 6.45) is 0. The van der Waals surface area contributed by atoms with E-state index in [-0.39, 0.29) is 36.6 Å². The zero-order valence-corrected chi connectivity index (χ0v) is 15.9. The lowest BCUT2D eigenvalue weighted by Crippen LogP contribution is -2.50. The van der Waals surface area contributed by atoms with Crippen LogP contribution in [0.1, 0.15) is 21.5 Å². The standard InChI is InChI=1S/C19H20F2N2O3S/c1-13-3-4-14(2)18(9-13)27(25,26)23-7-5-22(6-8-23)19(24)15-10-16(20)12-17(21)11-15/h3-4,9-12H,5-8H2,1-2H3. The molecule has 1 fully saturated rings. The van der Waals surface area contributed by atoms with Crippen molar-refractivity contribution in [2.45, 2.75) is 18.7 Å². The molecule has 144 valence electrons. The van der Waals surface area contributed by atoms with Gasteiger partial charge < -0.3 is 4.90 Å². The number of sulfonamides is 1. The van der Waals surface area contributed by atoms with Gasteiger partial charge in [0, 0.05) is 37.8 Å². The number of hydrogen-bond donors (Lipinski definition) is 0. The molecule has 0 radical (unpaired) electrons. The van der Waals surface area contributed by atoms with E-state index in [1.165, 1.54) is 9.21 Å². The first-order chi connectivity index (χ1) is 12.7. The van der Waals surface area contributed by atoms with Crippen molar-refractivity contribution in [2.24, 2.45) is 0 Å². The third-order valence-electron chi connectivity index (χ3n) is 4.60. The third-order valence-corrected chi connectivity index (χ3v) is 6.64. The number of hydrogen-bond acceptors (Lipinski definition) is 3. The molecule has 3 rings (SSSR count). The first-order valence-electron chi connectivity index (χ1n) is 8.51. The molecule has 0 aliphatic carbocycles. The number of piperazine rings is 1. The molecular formula is C19H20F2N2O3S. The molecule has 0 N–H and O–H groups in total. The number of aryl methyl sites for hydroxylation is 2. The Morgan fingerprint density at radius 1 is 0.926 bits per heavy atom. The van der Waals surface area contributed by atoms with Gasteiger partial charge in [0.25, 0.3) is 5.91 Å². The molecule has 5 nitrogen and oxygen atoms in total. The number of halogens is 2. The van der Waals surface area contributed by atoms with Crippen molar-refractivity contribution in [1.82, 2.24) is 9.21 Å². The maximum Gasteiger partial charge on any atom is 0.254 e. The fourth-order valence-corrected chi connectivity index (χ4v) is 4.85. The third kappa shape index (κ3) is 4.01. The zero-order valence-electron chi connectivity index (χ0n) is 15.1. The smallest absolute Gasteiger partial charge is 0.254 e. The normalized spacial score (nSPS) is 15.8. The second-order valence-electron chi connectivity index (χ2n) is 6.62. The van der Waals surface area contributed by atoms with Gasteiger partial charge in [0.2, 0.25) is 10.0 Å². The van der Waals surface area contributed by atoms with Crippen molar-refractivity contribution in [3.8, 4) is 0 Å². The van der Waals surface area contributed by atoms with Crippen molar-refractivity contribution < 1.29 is 22.0 Å². The summed E-state index contributed by atoms with van der Waals surface area (Å²) in [7, 11) is -3.67. The Hall–Kier alpha value is -2.32. The molecule has 0 aromatic heterocycles. The van der Waals surface area contributed by atoms with Crippen LogP contribution in [-0.4, -0.2) is 49.7 Å². The first-order valence-corrected chi connectivity index (χ1v) is 9.95. The summed E-state index contributed by atoms with van der Waals surface area (Å²) in [6, 6.07) is 7.90. The Kier molecular flexibility index (Phi) is 5.30. The molecule has 1 saturated heterocycles. The van der Waals surface area contributed by atoms with E-state index < -0.39 is 27.6 Å². The van der Waals surface area contributed by atoms with Crippen molar-refractivity contribution in [3.05, 3.63) is 64.7 Å². The molecule has 0 spiro atoms. The van der Waals surface area contributed by atoms with Gasteiger partial charge in [0.15, 0.2) is 0 Å². The minimum Gasteiger partial charge on any atom is -0.336 e. The van der Waals surface area contributed by atoms with Gasteiger partial charge >= 0.3 is 0 Å². The van der Waals surface area contributed by atoms with Crippen molar-refractivity contribution in [1.29, 1.82) is 0 Å². The lowest BCUT2D eigenvalue weighted by atomic mass is 10.1. The highest BCUT2D eigenvalue weighted by atomic mass is 32.2. The first kappa shape index (κ1) is 19.4. The molecule has 2 aromatic carbocycles. The summed E-state index contributed by atoms with van der Waals surface area (Å²) in [4.78, 5) is 14.1. The molecular weight excluding hydrogens is 374 g/mol. The lowest BCUT2D eigenvalue weighted by molar-refractivity contribution is 0.0697. The summed E-state index contributed by atoms with van der Waals surface area (Å²) in [5.74, 6) is -2.17. The molecule has 0 atom stereocenters. The largest absolute Gasteiger partial charge is 0.336 e. The molecule has 27 heavy (non-hydrogen) atoms. The van der Waals surface area contributed by atoms with E-state index in [0.717, 1.165) is 17.7 Å². The minimum atomic E-state index is -3.67. The summed E-state index contributed by atoms with van der Waals surface area (Å²) < 4.78 is 53.8. The predicted molar refractivity (Wildman–Crippen MR) is 96.9 cm³/mol. The van der Waals surface area contributed by atoms with Crippen LogP contribution < -0.4 is 0 Å². The summed E-state index contributed by atoms with van der Waals surface area (Å²) in [5.41, 5.74) is 1.42. The Morgan fingerprint density at radius 3 is 2.11 bits per heavy atom. The van der Waals surface area contributed by atoms with Crippen LogP contribution >= 0.6 is 0 Å². The van der Waals surface area contributed by atoms with E-state index in [1.807, 2.05) is 13.0 Å². The van der Waals surface area contributed by atoms with Crippen LogP contribution in [-0.2, 0) is 10.0 Å². The summed E-state index contributed by atoms with van der Waals surface area (Å²) >= 11 is 0. The second kappa shape index (κ2) is 7.36. The van der Waals surface area contributed by atoms with E-state index in [0.29, 0.717) is 11.6 Å². The predicted octanol–water partition coefficient (Wildman–Crippen LogP) is 2.73. The molecule has 1 aliphatic rings. The van der Waals surface area contributed by atoms with E-state index in [9.17, 15) is 22.0 Å². The molecule has 0 saturated carbocycles. The molecule has 1 aliphatic heterocycles. The lowest BCUT2D eigenvalue weighted by Gasteiger charge is -2.34. The number of benzene rings is 2. The molecule has 0 unspecified atom stereocenters. The highest BCUT2D eigenvalue weighted by Crippen LogP contribution is 2.23. The van der Waals surface area contributed by atoms with Gasteiger partial charge in [0.1, 0.15) is 11.6 Å². The number of nitrogens with zero attached hydrogens (tertiary/aromatic N) is 2.